The van der Waals surface area contributed by atoms with Crippen LogP contribution in [0.15, 0.2) is 42.5 Å². The molecule has 0 aliphatic carbocycles. The summed E-state index contributed by atoms with van der Waals surface area (Å²) in [6.45, 7) is 4.31. The molecule has 1 aliphatic rings. The van der Waals surface area contributed by atoms with Crippen molar-refractivity contribution in [2.45, 2.75) is 19.8 Å². The fourth-order valence-corrected chi connectivity index (χ4v) is 3.33. The van der Waals surface area contributed by atoms with Crippen LogP contribution in [0.1, 0.15) is 30.1 Å². The predicted molar refractivity (Wildman–Crippen MR) is 109 cm³/mol. The average Bonchev–Trinajstić information content (AvgIpc) is 2.57. The second-order valence-corrected chi connectivity index (χ2v) is 7.65. The molecule has 0 saturated carbocycles. The number of nitrogens with zero attached hydrogens (tertiary/aromatic N) is 1. The molecule has 3 rings (SSSR count). The molecule has 126 valence electrons. The maximum atomic E-state index is 12.6. The van der Waals surface area contributed by atoms with Gasteiger partial charge in [-0.2, -0.15) is 0 Å². The molecule has 4 nitrogen and oxygen atoms in total. The van der Waals surface area contributed by atoms with E-state index in [0.29, 0.717) is 11.3 Å². The minimum absolute atomic E-state index is 0.108. The molecule has 5 heteroatoms. The Balaban J connectivity index is 1.82. The van der Waals surface area contributed by atoms with Crippen LogP contribution in [0.5, 0.6) is 0 Å². The fourth-order valence-electron chi connectivity index (χ4n) is 2.97. The van der Waals surface area contributed by atoms with E-state index in [1.807, 2.05) is 42.5 Å². The molecule has 1 saturated heterocycles. The Hall–Kier alpha value is -1.76. The second-order valence-electron chi connectivity index (χ2n) is 6.41. The number of carbonyl (C=O) groups is 1. The first-order valence-electron chi connectivity index (χ1n) is 8.24. The Bertz CT molecular complexity index is 722. The average molecular weight is 435 g/mol. The van der Waals surface area contributed by atoms with Gasteiger partial charge in [-0.25, -0.2) is 0 Å². The molecule has 0 radical (unpaired) electrons. The lowest BCUT2D eigenvalue weighted by Gasteiger charge is -2.33. The van der Waals surface area contributed by atoms with Crippen molar-refractivity contribution in [2.75, 3.05) is 29.0 Å². The maximum Gasteiger partial charge on any atom is 0.255 e. The number of benzene rings is 2. The minimum Gasteiger partial charge on any atom is -0.399 e. The molecule has 1 aliphatic heterocycles. The summed E-state index contributed by atoms with van der Waals surface area (Å²) < 4.78 is 1.11. The topological polar surface area (TPSA) is 58.4 Å². The van der Waals surface area contributed by atoms with Crippen molar-refractivity contribution in [2.24, 2.45) is 5.92 Å². The third kappa shape index (κ3) is 4.01. The van der Waals surface area contributed by atoms with Gasteiger partial charge < -0.3 is 16.0 Å². The van der Waals surface area contributed by atoms with E-state index in [2.05, 4.69) is 39.7 Å². The van der Waals surface area contributed by atoms with Gasteiger partial charge in [0.05, 0.1) is 11.4 Å². The molecule has 1 heterocycles. The standard InChI is InChI=1S/C19H22IN3O/c1-13-8-10-23(11-9-13)18-7-6-16(21)12-17(18)22-19(24)14-2-4-15(20)5-3-14/h2-7,12-13H,8-11,21H2,1H3,(H,22,24). The molecule has 2 aromatic rings. The lowest BCUT2D eigenvalue weighted by Crippen LogP contribution is -2.33. The van der Waals surface area contributed by atoms with Gasteiger partial charge in [0.25, 0.3) is 5.91 Å². The number of hydrogen-bond acceptors (Lipinski definition) is 3. The Morgan fingerprint density at radius 3 is 2.50 bits per heavy atom. The van der Waals surface area contributed by atoms with Crippen molar-refractivity contribution in [3.05, 3.63) is 51.6 Å². The van der Waals surface area contributed by atoms with Crippen LogP contribution in [0.3, 0.4) is 0 Å². The highest BCUT2D eigenvalue weighted by molar-refractivity contribution is 14.1. The van der Waals surface area contributed by atoms with E-state index < -0.39 is 0 Å². The quantitative estimate of drug-likeness (QED) is 0.557. The summed E-state index contributed by atoms with van der Waals surface area (Å²) in [6, 6.07) is 13.3. The SMILES string of the molecule is CC1CCN(c2ccc(N)cc2NC(=O)c2ccc(I)cc2)CC1. The number of halogens is 1. The van der Waals surface area contributed by atoms with Gasteiger partial charge in [-0.15, -0.1) is 0 Å². The van der Waals surface area contributed by atoms with Gasteiger partial charge in [-0.05, 0) is 83.8 Å². The van der Waals surface area contributed by atoms with E-state index in [9.17, 15) is 4.79 Å². The Labute approximate surface area is 156 Å². The van der Waals surface area contributed by atoms with Crippen LogP contribution < -0.4 is 16.0 Å². The third-order valence-corrected chi connectivity index (χ3v) is 5.22. The summed E-state index contributed by atoms with van der Waals surface area (Å²) in [5, 5.41) is 3.03. The number of rotatable bonds is 3. The highest BCUT2D eigenvalue weighted by Gasteiger charge is 2.19. The van der Waals surface area contributed by atoms with Crippen LogP contribution in [0.4, 0.5) is 17.1 Å². The Morgan fingerprint density at radius 1 is 1.17 bits per heavy atom. The number of nitrogens with one attached hydrogen (secondary N) is 1. The molecule has 0 atom stereocenters. The fraction of sp³-hybridized carbons (Fsp3) is 0.316. The zero-order chi connectivity index (χ0) is 17.1. The van der Waals surface area contributed by atoms with Crippen LogP contribution in [0.2, 0.25) is 0 Å². The molecule has 2 aromatic carbocycles. The number of amides is 1. The first kappa shape index (κ1) is 17.1. The van der Waals surface area contributed by atoms with Gasteiger partial charge >= 0.3 is 0 Å². The lowest BCUT2D eigenvalue weighted by atomic mass is 9.98. The van der Waals surface area contributed by atoms with Crippen molar-refractivity contribution in [3.63, 3.8) is 0 Å². The summed E-state index contributed by atoms with van der Waals surface area (Å²) in [5.74, 6) is 0.656. The molecule has 24 heavy (non-hydrogen) atoms. The molecule has 1 fully saturated rings. The third-order valence-electron chi connectivity index (χ3n) is 4.50. The molecule has 0 unspecified atom stereocenters. The molecule has 1 amide bonds. The zero-order valence-corrected chi connectivity index (χ0v) is 15.9. The number of carbonyl (C=O) groups excluding carboxylic acids is 1. The van der Waals surface area contributed by atoms with Crippen molar-refractivity contribution in [3.8, 4) is 0 Å². The number of nitrogens with two attached hydrogens (primary N) is 1. The van der Waals surface area contributed by atoms with Crippen LogP contribution in [-0.2, 0) is 0 Å². The van der Waals surface area contributed by atoms with Crippen LogP contribution >= 0.6 is 22.6 Å². The number of hydrogen-bond donors (Lipinski definition) is 2. The number of anilines is 3. The first-order valence-corrected chi connectivity index (χ1v) is 9.32. The van der Waals surface area contributed by atoms with Crippen molar-refractivity contribution < 1.29 is 4.79 Å². The van der Waals surface area contributed by atoms with E-state index in [-0.39, 0.29) is 5.91 Å². The molecular weight excluding hydrogens is 413 g/mol. The van der Waals surface area contributed by atoms with Gasteiger partial charge in [0.2, 0.25) is 0 Å². The molecular formula is C19H22IN3O. The Morgan fingerprint density at radius 2 is 1.83 bits per heavy atom. The summed E-state index contributed by atoms with van der Waals surface area (Å²) in [4.78, 5) is 14.9. The molecule has 0 bridgehead atoms. The van der Waals surface area contributed by atoms with E-state index in [1.165, 1.54) is 12.8 Å². The zero-order valence-electron chi connectivity index (χ0n) is 13.8. The summed E-state index contributed by atoms with van der Waals surface area (Å²) >= 11 is 2.23. The van der Waals surface area contributed by atoms with Crippen LogP contribution in [0, 0.1) is 9.49 Å². The van der Waals surface area contributed by atoms with Gasteiger partial charge in [0.1, 0.15) is 0 Å². The molecule has 0 spiro atoms. The van der Waals surface area contributed by atoms with Crippen LogP contribution in [-0.4, -0.2) is 19.0 Å². The summed E-state index contributed by atoms with van der Waals surface area (Å²) in [5.41, 5.74) is 9.08. The summed E-state index contributed by atoms with van der Waals surface area (Å²) in [6.07, 6.45) is 2.35. The monoisotopic (exact) mass is 435 g/mol. The van der Waals surface area contributed by atoms with E-state index >= 15 is 0 Å². The smallest absolute Gasteiger partial charge is 0.255 e. The second kappa shape index (κ2) is 7.42. The van der Waals surface area contributed by atoms with Crippen molar-refractivity contribution in [1.82, 2.24) is 0 Å². The first-order chi connectivity index (χ1) is 11.5. The van der Waals surface area contributed by atoms with Gasteiger partial charge in [0.15, 0.2) is 0 Å². The predicted octanol–water partition coefficient (Wildman–Crippen LogP) is 4.36. The van der Waals surface area contributed by atoms with Gasteiger partial charge in [0, 0.05) is 27.9 Å². The normalized spacial score (nSPS) is 15.3. The highest BCUT2D eigenvalue weighted by Crippen LogP contribution is 2.32. The number of nitrogen functional groups attached to an aromatic ring is 1. The molecule has 3 N–H and O–H groups in total. The van der Waals surface area contributed by atoms with Gasteiger partial charge in [-0.3, -0.25) is 4.79 Å². The minimum atomic E-state index is -0.108. The molecule has 0 aromatic heterocycles. The lowest BCUT2D eigenvalue weighted by molar-refractivity contribution is 0.102. The van der Waals surface area contributed by atoms with E-state index in [0.717, 1.165) is 34.0 Å². The van der Waals surface area contributed by atoms with Crippen molar-refractivity contribution >= 4 is 45.6 Å². The van der Waals surface area contributed by atoms with Crippen molar-refractivity contribution in [1.29, 1.82) is 0 Å². The Kier molecular flexibility index (Phi) is 5.28. The van der Waals surface area contributed by atoms with E-state index in [4.69, 9.17) is 5.73 Å². The number of piperidine rings is 1. The maximum absolute atomic E-state index is 12.6. The highest BCUT2D eigenvalue weighted by atomic mass is 127. The van der Waals surface area contributed by atoms with E-state index in [1.54, 1.807) is 0 Å². The summed E-state index contributed by atoms with van der Waals surface area (Å²) in [7, 11) is 0. The largest absolute Gasteiger partial charge is 0.399 e. The van der Waals surface area contributed by atoms with Gasteiger partial charge in [-0.1, -0.05) is 6.92 Å². The van der Waals surface area contributed by atoms with Crippen LogP contribution in [0.25, 0.3) is 0 Å².